The van der Waals surface area contributed by atoms with Gasteiger partial charge in [-0.3, -0.25) is 19.9 Å². The predicted octanol–water partition coefficient (Wildman–Crippen LogP) is 4.10. The molecule has 0 radical (unpaired) electrons. The summed E-state index contributed by atoms with van der Waals surface area (Å²) in [5.41, 5.74) is 3.56. The lowest BCUT2D eigenvalue weighted by atomic mass is 10.2. The third-order valence-corrected chi connectivity index (χ3v) is 3.58. The fraction of sp³-hybridized carbons (Fsp3) is 0. The molecule has 0 atom stereocenters. The van der Waals surface area contributed by atoms with E-state index in [0.29, 0.717) is 11.4 Å². The molecule has 1 heterocycles. The minimum Gasteiger partial charge on any atom is -0.338 e. The number of rotatable bonds is 6. The Kier molecular flexibility index (Phi) is 5.96. The first kappa shape index (κ1) is 19.3. The van der Waals surface area contributed by atoms with Crippen molar-refractivity contribution in [1.82, 2.24) is 4.98 Å². The Bertz CT molecular complexity index is 1050. The molecule has 2 aromatic carbocycles. The largest absolute Gasteiger partial charge is 0.362 e. The highest BCUT2D eigenvalue weighted by Gasteiger charge is 2.11. The summed E-state index contributed by atoms with van der Waals surface area (Å²) in [5, 5.41) is 18.0. The van der Waals surface area contributed by atoms with Crippen molar-refractivity contribution >= 4 is 28.9 Å². The molecule has 3 rings (SSSR count). The third kappa shape index (κ3) is 5.26. The second-order valence-corrected chi connectivity index (χ2v) is 5.56. The third-order valence-electron chi connectivity index (χ3n) is 3.58. The first-order chi connectivity index (χ1) is 14.0. The van der Waals surface area contributed by atoms with Gasteiger partial charge >= 0.3 is 11.9 Å². The van der Waals surface area contributed by atoms with Crippen LogP contribution in [0.1, 0.15) is 20.8 Å². The molecule has 0 saturated heterocycles. The first-order valence-electron chi connectivity index (χ1n) is 8.22. The monoisotopic (exact) mass is 391 g/mol. The topological polar surface area (TPSA) is 136 Å². The highest BCUT2D eigenvalue weighted by Crippen LogP contribution is 2.18. The summed E-state index contributed by atoms with van der Waals surface area (Å²) in [6, 6.07) is 16.2. The summed E-state index contributed by atoms with van der Waals surface area (Å²) >= 11 is 0. The summed E-state index contributed by atoms with van der Waals surface area (Å²) in [6.45, 7) is 0. The van der Waals surface area contributed by atoms with Gasteiger partial charge in [-0.05, 0) is 48.5 Å². The molecule has 0 aliphatic heterocycles. The molecular weight excluding hydrogens is 378 g/mol. The van der Waals surface area contributed by atoms with Crippen molar-refractivity contribution in [1.29, 1.82) is 0 Å². The molecule has 0 aliphatic rings. The number of nitro groups is 1. The molecule has 1 amide bonds. The molecule has 144 valence electrons. The Hall–Kier alpha value is -4.47. The van der Waals surface area contributed by atoms with E-state index in [9.17, 15) is 19.7 Å². The van der Waals surface area contributed by atoms with Gasteiger partial charge in [0.15, 0.2) is 0 Å². The van der Waals surface area contributed by atoms with E-state index in [0.717, 1.165) is 0 Å². The van der Waals surface area contributed by atoms with Crippen LogP contribution in [0, 0.1) is 10.1 Å². The van der Waals surface area contributed by atoms with Gasteiger partial charge in [-0.2, -0.15) is 0 Å². The van der Waals surface area contributed by atoms with Gasteiger partial charge in [0.05, 0.1) is 21.9 Å². The second-order valence-electron chi connectivity index (χ2n) is 5.56. The van der Waals surface area contributed by atoms with Crippen LogP contribution in [0.15, 0.2) is 83.2 Å². The molecular formula is C19H13N5O5. The number of nitrogens with one attached hydrogen (secondary N) is 1. The molecule has 0 aliphatic carbocycles. The predicted molar refractivity (Wildman–Crippen MR) is 102 cm³/mol. The number of nitro benzene ring substituents is 1. The summed E-state index contributed by atoms with van der Waals surface area (Å²) in [5.74, 6) is -1.27. The minimum atomic E-state index is -0.704. The van der Waals surface area contributed by atoms with Gasteiger partial charge < -0.3 is 4.84 Å². The molecule has 0 fully saturated rings. The van der Waals surface area contributed by atoms with Gasteiger partial charge in [-0.15, -0.1) is 10.2 Å². The van der Waals surface area contributed by atoms with Gasteiger partial charge in [0.25, 0.3) is 5.69 Å². The zero-order valence-corrected chi connectivity index (χ0v) is 14.8. The average molecular weight is 391 g/mol. The molecule has 0 bridgehead atoms. The Labute approximate surface area is 164 Å². The van der Waals surface area contributed by atoms with Crippen LogP contribution in [0.25, 0.3) is 0 Å². The van der Waals surface area contributed by atoms with E-state index < -0.39 is 16.8 Å². The summed E-state index contributed by atoms with van der Waals surface area (Å²) in [4.78, 5) is 42.7. The minimum absolute atomic E-state index is 0.124. The number of benzene rings is 2. The fourth-order valence-electron chi connectivity index (χ4n) is 2.12. The molecule has 1 aromatic heterocycles. The number of carbonyl (C=O) groups is 2. The number of amides is 1. The Balaban J connectivity index is 1.55. The van der Waals surface area contributed by atoms with Crippen molar-refractivity contribution in [2.75, 3.05) is 5.48 Å². The van der Waals surface area contributed by atoms with Crippen LogP contribution in [0.2, 0.25) is 0 Å². The average Bonchev–Trinajstić information content (AvgIpc) is 2.77. The number of hydrogen-bond acceptors (Lipinski definition) is 8. The molecule has 1 N–H and O–H groups in total. The van der Waals surface area contributed by atoms with Crippen LogP contribution in [0.5, 0.6) is 0 Å². The Morgan fingerprint density at radius 3 is 2.34 bits per heavy atom. The van der Waals surface area contributed by atoms with Crippen LogP contribution >= 0.6 is 0 Å². The van der Waals surface area contributed by atoms with Crippen LogP contribution in [-0.4, -0.2) is 21.8 Å². The van der Waals surface area contributed by atoms with Crippen LogP contribution in [-0.2, 0) is 4.84 Å². The smallest absolute Gasteiger partial charge is 0.338 e. The van der Waals surface area contributed by atoms with E-state index in [4.69, 9.17) is 4.84 Å². The number of carbonyl (C=O) groups excluding carboxylic acids is 2. The standard InChI is InChI=1S/C19H13N5O5/c25-18(17-3-1-2-12-20-17)22-21-14-6-8-15(9-7-14)23-29-19(26)13-4-10-16(11-5-13)24(27)28/h1-12,23H. The maximum Gasteiger partial charge on any atom is 0.362 e. The molecule has 29 heavy (non-hydrogen) atoms. The Morgan fingerprint density at radius 2 is 1.72 bits per heavy atom. The van der Waals surface area contributed by atoms with E-state index in [1.165, 1.54) is 36.5 Å². The maximum atomic E-state index is 11.9. The number of hydrogen-bond donors (Lipinski definition) is 1. The van der Waals surface area contributed by atoms with E-state index in [2.05, 4.69) is 20.7 Å². The van der Waals surface area contributed by atoms with E-state index >= 15 is 0 Å². The lowest BCUT2D eigenvalue weighted by Gasteiger charge is -2.06. The van der Waals surface area contributed by atoms with Gasteiger partial charge in [0.1, 0.15) is 5.69 Å². The van der Waals surface area contributed by atoms with Gasteiger partial charge in [-0.1, -0.05) is 6.07 Å². The van der Waals surface area contributed by atoms with Crippen molar-refractivity contribution in [2.24, 2.45) is 10.2 Å². The maximum absolute atomic E-state index is 11.9. The summed E-state index contributed by atoms with van der Waals surface area (Å²) < 4.78 is 0. The van der Waals surface area contributed by atoms with Crippen molar-refractivity contribution in [3.05, 3.63) is 94.3 Å². The summed E-state index contributed by atoms with van der Waals surface area (Å²) in [6.07, 6.45) is 1.49. The van der Waals surface area contributed by atoms with Crippen molar-refractivity contribution in [3.63, 3.8) is 0 Å². The van der Waals surface area contributed by atoms with E-state index in [1.807, 2.05) is 0 Å². The SMILES string of the molecule is O=C(ONc1ccc(N=NC(=O)c2ccccn2)cc1)c1ccc([N+](=O)[O-])cc1. The molecule has 0 saturated carbocycles. The van der Waals surface area contributed by atoms with Crippen LogP contribution in [0.4, 0.5) is 17.1 Å². The number of pyridine rings is 1. The number of aromatic nitrogens is 1. The van der Waals surface area contributed by atoms with Crippen LogP contribution in [0.3, 0.4) is 0 Å². The van der Waals surface area contributed by atoms with Crippen molar-refractivity contribution in [3.8, 4) is 0 Å². The van der Waals surface area contributed by atoms with Gasteiger partial charge in [0, 0.05) is 18.3 Å². The summed E-state index contributed by atoms with van der Waals surface area (Å²) in [7, 11) is 0. The van der Waals surface area contributed by atoms with E-state index in [-0.39, 0.29) is 16.9 Å². The number of nitrogens with zero attached hydrogens (tertiary/aromatic N) is 4. The fourth-order valence-corrected chi connectivity index (χ4v) is 2.12. The highest BCUT2D eigenvalue weighted by molar-refractivity contribution is 5.92. The first-order valence-corrected chi connectivity index (χ1v) is 8.22. The van der Waals surface area contributed by atoms with Gasteiger partial charge in [0.2, 0.25) is 0 Å². The van der Waals surface area contributed by atoms with Gasteiger partial charge in [-0.25, -0.2) is 10.3 Å². The number of azo groups is 1. The number of non-ortho nitro benzene ring substituents is 1. The molecule has 10 heteroatoms. The lowest BCUT2D eigenvalue weighted by molar-refractivity contribution is -0.384. The quantitative estimate of drug-likeness (QED) is 0.379. The molecule has 0 spiro atoms. The molecule has 10 nitrogen and oxygen atoms in total. The van der Waals surface area contributed by atoms with Crippen molar-refractivity contribution < 1.29 is 19.3 Å². The number of anilines is 1. The van der Waals surface area contributed by atoms with Crippen molar-refractivity contribution in [2.45, 2.75) is 0 Å². The second kappa shape index (κ2) is 8.95. The molecule has 3 aromatic rings. The lowest BCUT2D eigenvalue weighted by Crippen LogP contribution is -2.10. The highest BCUT2D eigenvalue weighted by atomic mass is 16.7. The van der Waals surface area contributed by atoms with Crippen LogP contribution < -0.4 is 5.48 Å². The molecule has 0 unspecified atom stereocenters. The normalized spacial score (nSPS) is 10.5. The zero-order valence-electron chi connectivity index (χ0n) is 14.8. The zero-order chi connectivity index (χ0) is 20.6. The Morgan fingerprint density at radius 1 is 1.00 bits per heavy atom. The van der Waals surface area contributed by atoms with E-state index in [1.54, 1.807) is 36.4 Å².